The van der Waals surface area contributed by atoms with Crippen molar-refractivity contribution in [2.24, 2.45) is 5.92 Å². The van der Waals surface area contributed by atoms with Gasteiger partial charge in [-0.2, -0.15) is 5.10 Å². The molecular formula is C15H27N3. The van der Waals surface area contributed by atoms with Gasteiger partial charge in [-0.3, -0.25) is 4.68 Å². The Morgan fingerprint density at radius 1 is 1.44 bits per heavy atom. The Labute approximate surface area is 111 Å². The molecular weight excluding hydrogens is 222 g/mol. The van der Waals surface area contributed by atoms with Crippen LogP contribution in [0.1, 0.15) is 58.2 Å². The molecule has 1 fully saturated rings. The zero-order valence-electron chi connectivity index (χ0n) is 12.0. The molecule has 2 unspecified atom stereocenters. The lowest BCUT2D eigenvalue weighted by atomic mass is 9.97. The van der Waals surface area contributed by atoms with Gasteiger partial charge in [0.15, 0.2) is 0 Å². The van der Waals surface area contributed by atoms with Gasteiger partial charge >= 0.3 is 0 Å². The van der Waals surface area contributed by atoms with E-state index in [0.717, 1.165) is 18.9 Å². The van der Waals surface area contributed by atoms with E-state index in [4.69, 9.17) is 0 Å². The van der Waals surface area contributed by atoms with Crippen LogP contribution in [0.5, 0.6) is 0 Å². The van der Waals surface area contributed by atoms with Crippen LogP contribution < -0.4 is 5.32 Å². The minimum absolute atomic E-state index is 0.469. The van der Waals surface area contributed by atoms with E-state index in [1.165, 1.54) is 31.4 Å². The van der Waals surface area contributed by atoms with Gasteiger partial charge in [0.2, 0.25) is 0 Å². The molecule has 0 amide bonds. The molecule has 1 aromatic heterocycles. The Morgan fingerprint density at radius 3 is 2.94 bits per heavy atom. The van der Waals surface area contributed by atoms with Gasteiger partial charge in [0.05, 0.1) is 5.69 Å². The van der Waals surface area contributed by atoms with Gasteiger partial charge < -0.3 is 5.32 Å². The number of aromatic nitrogens is 2. The third-order valence-corrected chi connectivity index (χ3v) is 3.98. The third kappa shape index (κ3) is 3.35. The summed E-state index contributed by atoms with van der Waals surface area (Å²) >= 11 is 0. The van der Waals surface area contributed by atoms with Crippen LogP contribution in [-0.4, -0.2) is 22.4 Å². The first-order valence-corrected chi connectivity index (χ1v) is 7.48. The highest BCUT2D eigenvalue weighted by Gasteiger charge is 2.27. The largest absolute Gasteiger partial charge is 0.314 e. The molecule has 0 spiro atoms. The van der Waals surface area contributed by atoms with Crippen molar-refractivity contribution >= 4 is 0 Å². The summed E-state index contributed by atoms with van der Waals surface area (Å²) in [5.74, 6) is 0.784. The van der Waals surface area contributed by atoms with Gasteiger partial charge in [-0.15, -0.1) is 0 Å². The monoisotopic (exact) mass is 249 g/mol. The lowest BCUT2D eigenvalue weighted by Crippen LogP contribution is -2.33. The molecule has 3 nitrogen and oxygen atoms in total. The molecule has 2 atom stereocenters. The van der Waals surface area contributed by atoms with Gasteiger partial charge in [-0.1, -0.05) is 13.3 Å². The van der Waals surface area contributed by atoms with Crippen molar-refractivity contribution in [3.8, 4) is 0 Å². The average molecular weight is 249 g/mol. The van der Waals surface area contributed by atoms with Crippen LogP contribution >= 0.6 is 0 Å². The van der Waals surface area contributed by atoms with Crippen molar-refractivity contribution in [3.63, 3.8) is 0 Å². The minimum Gasteiger partial charge on any atom is -0.314 e. The van der Waals surface area contributed by atoms with Crippen molar-refractivity contribution in [3.05, 3.63) is 18.0 Å². The fourth-order valence-corrected chi connectivity index (χ4v) is 2.92. The first-order valence-electron chi connectivity index (χ1n) is 7.48. The number of hydrogen-bond donors (Lipinski definition) is 1. The second-order valence-corrected chi connectivity index (χ2v) is 5.84. The van der Waals surface area contributed by atoms with Crippen LogP contribution in [-0.2, 0) is 6.42 Å². The summed E-state index contributed by atoms with van der Waals surface area (Å²) in [4.78, 5) is 0. The molecule has 1 aromatic rings. The summed E-state index contributed by atoms with van der Waals surface area (Å²) < 4.78 is 2.07. The predicted molar refractivity (Wildman–Crippen MR) is 75.7 cm³/mol. The van der Waals surface area contributed by atoms with E-state index in [9.17, 15) is 0 Å². The molecule has 18 heavy (non-hydrogen) atoms. The molecule has 0 saturated heterocycles. The zero-order chi connectivity index (χ0) is 13.0. The standard InChI is InChI=1S/C15H27N3/c1-4-9-16-15-7-5-6-13(15)11-14-8-10-18(17-14)12(2)3/h8,10,12-13,15-16H,4-7,9,11H2,1-3H3. The fourth-order valence-electron chi connectivity index (χ4n) is 2.92. The lowest BCUT2D eigenvalue weighted by Gasteiger charge is -2.20. The van der Waals surface area contributed by atoms with Gasteiger partial charge in [0, 0.05) is 18.3 Å². The van der Waals surface area contributed by atoms with E-state index in [1.54, 1.807) is 0 Å². The van der Waals surface area contributed by atoms with Crippen molar-refractivity contribution in [1.29, 1.82) is 0 Å². The summed E-state index contributed by atoms with van der Waals surface area (Å²) in [6.45, 7) is 7.75. The minimum atomic E-state index is 0.469. The quantitative estimate of drug-likeness (QED) is 0.839. The maximum Gasteiger partial charge on any atom is 0.0628 e. The number of rotatable bonds is 6. The molecule has 1 aliphatic rings. The summed E-state index contributed by atoms with van der Waals surface area (Å²) in [5, 5.41) is 8.37. The number of nitrogens with one attached hydrogen (secondary N) is 1. The molecule has 0 aliphatic heterocycles. The zero-order valence-corrected chi connectivity index (χ0v) is 12.0. The second kappa shape index (κ2) is 6.37. The fraction of sp³-hybridized carbons (Fsp3) is 0.800. The summed E-state index contributed by atoms with van der Waals surface area (Å²) in [5.41, 5.74) is 1.26. The molecule has 1 aliphatic carbocycles. The number of nitrogens with zero attached hydrogens (tertiary/aromatic N) is 2. The van der Waals surface area contributed by atoms with Gasteiger partial charge in [0.25, 0.3) is 0 Å². The van der Waals surface area contributed by atoms with E-state index in [1.807, 2.05) is 0 Å². The van der Waals surface area contributed by atoms with Gasteiger partial charge in [0.1, 0.15) is 0 Å². The van der Waals surface area contributed by atoms with E-state index < -0.39 is 0 Å². The first kappa shape index (κ1) is 13.6. The van der Waals surface area contributed by atoms with Crippen LogP contribution in [0.15, 0.2) is 12.3 Å². The Balaban J connectivity index is 1.90. The van der Waals surface area contributed by atoms with Crippen LogP contribution in [0.25, 0.3) is 0 Å². The molecule has 0 radical (unpaired) electrons. The van der Waals surface area contributed by atoms with Crippen molar-refractivity contribution in [2.45, 2.75) is 65.0 Å². The smallest absolute Gasteiger partial charge is 0.0628 e. The highest BCUT2D eigenvalue weighted by Crippen LogP contribution is 2.28. The van der Waals surface area contributed by atoms with Crippen LogP contribution in [0, 0.1) is 5.92 Å². The Morgan fingerprint density at radius 2 is 2.28 bits per heavy atom. The molecule has 2 rings (SSSR count). The van der Waals surface area contributed by atoms with E-state index >= 15 is 0 Å². The van der Waals surface area contributed by atoms with Gasteiger partial charge in [-0.05, 0) is 58.1 Å². The molecule has 0 aromatic carbocycles. The normalized spacial score (nSPS) is 24.0. The highest BCUT2D eigenvalue weighted by atomic mass is 15.3. The van der Waals surface area contributed by atoms with Crippen LogP contribution in [0.3, 0.4) is 0 Å². The van der Waals surface area contributed by atoms with Gasteiger partial charge in [-0.25, -0.2) is 0 Å². The van der Waals surface area contributed by atoms with Crippen molar-refractivity contribution in [2.75, 3.05) is 6.54 Å². The highest BCUT2D eigenvalue weighted by molar-refractivity contribution is 5.03. The molecule has 1 saturated carbocycles. The predicted octanol–water partition coefficient (Wildman–Crippen LogP) is 3.17. The molecule has 1 heterocycles. The molecule has 0 bridgehead atoms. The van der Waals surface area contributed by atoms with Crippen LogP contribution in [0.2, 0.25) is 0 Å². The topological polar surface area (TPSA) is 29.9 Å². The second-order valence-electron chi connectivity index (χ2n) is 5.84. The Hall–Kier alpha value is -0.830. The van der Waals surface area contributed by atoms with E-state index in [-0.39, 0.29) is 0 Å². The average Bonchev–Trinajstić information content (AvgIpc) is 2.96. The van der Waals surface area contributed by atoms with Crippen molar-refractivity contribution < 1.29 is 0 Å². The number of hydrogen-bond acceptors (Lipinski definition) is 2. The molecule has 1 N–H and O–H groups in total. The lowest BCUT2D eigenvalue weighted by molar-refractivity contribution is 0.393. The third-order valence-electron chi connectivity index (χ3n) is 3.98. The van der Waals surface area contributed by atoms with Crippen molar-refractivity contribution in [1.82, 2.24) is 15.1 Å². The van der Waals surface area contributed by atoms with E-state index in [0.29, 0.717) is 12.1 Å². The van der Waals surface area contributed by atoms with E-state index in [2.05, 4.69) is 48.1 Å². The summed E-state index contributed by atoms with van der Waals surface area (Å²) in [7, 11) is 0. The summed E-state index contributed by atoms with van der Waals surface area (Å²) in [6, 6.07) is 3.38. The summed E-state index contributed by atoms with van der Waals surface area (Å²) in [6.07, 6.45) is 8.55. The first-order chi connectivity index (χ1) is 8.70. The Kier molecular flexibility index (Phi) is 4.81. The molecule has 3 heteroatoms. The maximum absolute atomic E-state index is 4.68. The maximum atomic E-state index is 4.68. The Bertz CT molecular complexity index is 356. The SMILES string of the molecule is CCCNC1CCCC1Cc1ccn(C(C)C)n1. The van der Waals surface area contributed by atoms with Crippen LogP contribution in [0.4, 0.5) is 0 Å². The molecule has 102 valence electrons.